The van der Waals surface area contributed by atoms with Gasteiger partial charge in [-0.3, -0.25) is 4.98 Å². The number of nitriles is 1. The van der Waals surface area contributed by atoms with E-state index in [1.54, 1.807) is 18.3 Å². The molecule has 2 aromatic heterocycles. The lowest BCUT2D eigenvalue weighted by molar-refractivity contribution is 0.404. The van der Waals surface area contributed by atoms with Crippen LogP contribution in [0.15, 0.2) is 48.8 Å². The fourth-order valence-electron chi connectivity index (χ4n) is 5.48. The van der Waals surface area contributed by atoms with Crippen molar-refractivity contribution in [1.82, 2.24) is 20.0 Å². The molecule has 11 heteroatoms. The molecule has 2 aliphatic rings. The predicted octanol–water partition coefficient (Wildman–Crippen LogP) is 4.45. The zero-order valence-corrected chi connectivity index (χ0v) is 22.4. The molecule has 2 saturated carbocycles. The van der Waals surface area contributed by atoms with E-state index in [0.717, 1.165) is 49.5 Å². The largest absolute Gasteiger partial charge is 0.379 e. The van der Waals surface area contributed by atoms with Crippen LogP contribution in [0, 0.1) is 17.1 Å². The van der Waals surface area contributed by atoms with Crippen molar-refractivity contribution in [2.45, 2.75) is 62.1 Å². The predicted molar refractivity (Wildman–Crippen MR) is 153 cm³/mol. The second kappa shape index (κ2) is 10.1. The van der Waals surface area contributed by atoms with Gasteiger partial charge >= 0.3 is 0 Å². The summed E-state index contributed by atoms with van der Waals surface area (Å²) in [6.07, 6.45) is 9.72. The summed E-state index contributed by atoms with van der Waals surface area (Å²) in [6.45, 7) is 0. The van der Waals surface area contributed by atoms with Crippen LogP contribution in [0.1, 0.15) is 61.4 Å². The highest BCUT2D eigenvalue weighted by atomic mass is 35.5. The Morgan fingerprint density at radius 1 is 1.15 bits per heavy atom. The van der Waals surface area contributed by atoms with Gasteiger partial charge in [-0.15, -0.1) is 5.10 Å². The number of hydrogen-bond acceptors (Lipinski definition) is 7. The maximum atomic E-state index is 13.9. The van der Waals surface area contributed by atoms with Crippen molar-refractivity contribution >= 4 is 41.7 Å². The Balaban J connectivity index is 1.45. The second-order valence-corrected chi connectivity index (χ2v) is 11.2. The summed E-state index contributed by atoms with van der Waals surface area (Å²) >= 11 is 6.78. The van der Waals surface area contributed by atoms with Gasteiger partial charge in [0.25, 0.3) is 0 Å². The molecule has 198 valence electrons. The van der Waals surface area contributed by atoms with Gasteiger partial charge in [0.05, 0.1) is 39.5 Å². The van der Waals surface area contributed by atoms with Crippen LogP contribution in [0.5, 0.6) is 0 Å². The van der Waals surface area contributed by atoms with E-state index in [2.05, 4.69) is 32.0 Å². The van der Waals surface area contributed by atoms with E-state index in [0.29, 0.717) is 39.2 Å². The van der Waals surface area contributed by atoms with E-state index >= 15 is 0 Å². The highest BCUT2D eigenvalue weighted by Gasteiger charge is 2.35. The standard InChI is InChI=1S/C28H29BClFN8/c29-28(17-5-7-18(31)8-6-17,25-15-39(38-37-25)20-9-10-20)36-19-11-21-26(35-24-4-2-1-3-23(24)33)16(13-32)14-34-27(21)22(30)12-19/h5-8,11-12,14-15,20,23-24,36H,1-4,9-10,29,33H2,(H,34,35)/t23-,24+,28?/m0/s1. The first-order chi connectivity index (χ1) is 18.9. The van der Waals surface area contributed by atoms with Crippen LogP contribution in [-0.2, 0) is 5.44 Å². The van der Waals surface area contributed by atoms with E-state index in [1.165, 1.54) is 12.1 Å². The molecule has 8 nitrogen and oxygen atoms in total. The number of nitrogens with two attached hydrogens (primary N) is 1. The van der Waals surface area contributed by atoms with Gasteiger partial charge in [0, 0.05) is 29.4 Å². The van der Waals surface area contributed by atoms with Gasteiger partial charge in [-0.2, -0.15) is 5.26 Å². The van der Waals surface area contributed by atoms with Crippen LogP contribution in [-0.4, -0.2) is 39.9 Å². The van der Waals surface area contributed by atoms with Crippen LogP contribution >= 0.6 is 11.6 Å². The van der Waals surface area contributed by atoms with E-state index < -0.39 is 5.44 Å². The summed E-state index contributed by atoms with van der Waals surface area (Å²) in [7, 11) is 1.99. The average molecular weight is 543 g/mol. The number of fused-ring (bicyclic) bond motifs is 1. The minimum absolute atomic E-state index is 0.00105. The fourth-order valence-corrected chi connectivity index (χ4v) is 5.74. The molecule has 3 atom stereocenters. The van der Waals surface area contributed by atoms with E-state index in [9.17, 15) is 9.65 Å². The van der Waals surface area contributed by atoms with Crippen LogP contribution < -0.4 is 16.4 Å². The van der Waals surface area contributed by atoms with Gasteiger partial charge in [-0.1, -0.05) is 41.8 Å². The van der Waals surface area contributed by atoms with Crippen molar-refractivity contribution in [2.24, 2.45) is 5.73 Å². The molecule has 2 fully saturated rings. The SMILES string of the molecule is BC(Nc1cc(Cl)c2ncc(C#N)c(N[C@@H]3CCCC[C@@H]3N)c2c1)(c1ccc(F)cc1)c1cn(C2CC2)nn1. The van der Waals surface area contributed by atoms with Crippen molar-refractivity contribution in [3.63, 3.8) is 0 Å². The number of benzene rings is 2. The number of aromatic nitrogens is 4. The monoisotopic (exact) mass is 542 g/mol. The second-order valence-electron chi connectivity index (χ2n) is 10.8. The van der Waals surface area contributed by atoms with Crippen molar-refractivity contribution in [3.8, 4) is 6.07 Å². The van der Waals surface area contributed by atoms with Gasteiger partial charge in [0.15, 0.2) is 0 Å². The molecule has 0 saturated heterocycles. The van der Waals surface area contributed by atoms with Gasteiger partial charge in [0.2, 0.25) is 0 Å². The fraction of sp³-hybridized carbons (Fsp3) is 0.357. The maximum absolute atomic E-state index is 13.9. The molecule has 4 N–H and O–H groups in total. The lowest BCUT2D eigenvalue weighted by Crippen LogP contribution is -2.42. The Kier molecular flexibility index (Phi) is 6.65. The molecule has 39 heavy (non-hydrogen) atoms. The summed E-state index contributed by atoms with van der Waals surface area (Å²) < 4.78 is 15.8. The molecule has 0 aliphatic heterocycles. The number of pyridine rings is 1. The highest BCUT2D eigenvalue weighted by Crippen LogP contribution is 2.39. The Labute approximate surface area is 232 Å². The minimum atomic E-state index is -0.850. The van der Waals surface area contributed by atoms with Crippen molar-refractivity contribution in [1.29, 1.82) is 5.26 Å². The summed E-state index contributed by atoms with van der Waals surface area (Å²) in [5.74, 6) is -0.316. The molecule has 2 heterocycles. The summed E-state index contributed by atoms with van der Waals surface area (Å²) in [6, 6.07) is 12.8. The Bertz CT molecular complexity index is 1560. The Morgan fingerprint density at radius 3 is 2.64 bits per heavy atom. The first-order valence-corrected chi connectivity index (χ1v) is 13.7. The molecule has 1 unspecified atom stereocenters. The minimum Gasteiger partial charge on any atom is -0.379 e. The normalized spacial score (nSPS) is 20.8. The Morgan fingerprint density at radius 2 is 1.92 bits per heavy atom. The molecular formula is C28H29BClFN8. The van der Waals surface area contributed by atoms with Gasteiger partial charge in [-0.05, 0) is 55.5 Å². The number of nitrogens with zero attached hydrogens (tertiary/aromatic N) is 5. The summed E-state index contributed by atoms with van der Waals surface area (Å²) in [4.78, 5) is 4.50. The van der Waals surface area contributed by atoms with Gasteiger partial charge in [0.1, 0.15) is 25.4 Å². The third-order valence-electron chi connectivity index (χ3n) is 7.95. The average Bonchev–Trinajstić information content (AvgIpc) is 3.66. The van der Waals surface area contributed by atoms with Crippen LogP contribution in [0.4, 0.5) is 15.8 Å². The van der Waals surface area contributed by atoms with Crippen LogP contribution in [0.2, 0.25) is 5.02 Å². The van der Waals surface area contributed by atoms with Gasteiger partial charge in [-0.25, -0.2) is 9.07 Å². The molecular weight excluding hydrogens is 514 g/mol. The number of hydrogen-bond donors (Lipinski definition) is 3. The topological polar surface area (TPSA) is 117 Å². The summed E-state index contributed by atoms with van der Waals surface area (Å²) in [5.41, 5.74) is 9.51. The highest BCUT2D eigenvalue weighted by molar-refractivity contribution is 6.36. The van der Waals surface area contributed by atoms with Crippen molar-refractivity contribution in [3.05, 3.63) is 76.5 Å². The van der Waals surface area contributed by atoms with E-state index in [-0.39, 0.29) is 17.9 Å². The van der Waals surface area contributed by atoms with E-state index in [4.69, 9.17) is 17.3 Å². The first-order valence-electron chi connectivity index (χ1n) is 13.4. The van der Waals surface area contributed by atoms with Crippen molar-refractivity contribution < 1.29 is 4.39 Å². The number of halogens is 2. The molecule has 6 rings (SSSR count). The van der Waals surface area contributed by atoms with Crippen LogP contribution in [0.3, 0.4) is 0 Å². The molecule has 2 aliphatic carbocycles. The molecule has 0 amide bonds. The lowest BCUT2D eigenvalue weighted by atomic mass is 9.69. The summed E-state index contributed by atoms with van der Waals surface area (Å²) in [5, 5.41) is 27.1. The van der Waals surface area contributed by atoms with E-state index in [1.807, 2.05) is 30.9 Å². The molecule has 0 bridgehead atoms. The zero-order valence-electron chi connectivity index (χ0n) is 21.7. The number of anilines is 2. The van der Waals surface area contributed by atoms with Crippen molar-refractivity contribution in [2.75, 3.05) is 10.6 Å². The number of nitrogens with one attached hydrogen (secondary N) is 2. The maximum Gasteiger partial charge on any atom is 0.148 e. The lowest BCUT2D eigenvalue weighted by Gasteiger charge is -2.32. The third-order valence-corrected chi connectivity index (χ3v) is 8.24. The molecule has 2 aromatic carbocycles. The molecule has 4 aromatic rings. The number of rotatable bonds is 7. The molecule has 0 radical (unpaired) electrons. The zero-order chi connectivity index (χ0) is 27.1. The molecule has 0 spiro atoms. The van der Waals surface area contributed by atoms with Crippen LogP contribution in [0.25, 0.3) is 10.9 Å². The Hall–Kier alpha value is -3.68. The smallest absolute Gasteiger partial charge is 0.148 e. The quantitative estimate of drug-likeness (QED) is 0.295. The third kappa shape index (κ3) is 4.93. The first kappa shape index (κ1) is 25.6. The van der Waals surface area contributed by atoms with Gasteiger partial charge < -0.3 is 16.4 Å².